The highest BCUT2D eigenvalue weighted by Crippen LogP contribution is 2.38. The van der Waals surface area contributed by atoms with E-state index in [1.54, 1.807) is 7.05 Å². The summed E-state index contributed by atoms with van der Waals surface area (Å²) >= 11 is 0. The molecule has 0 saturated carbocycles. The summed E-state index contributed by atoms with van der Waals surface area (Å²) < 4.78 is 11.0. The van der Waals surface area contributed by atoms with E-state index in [1.807, 2.05) is 29.2 Å². The lowest BCUT2D eigenvalue weighted by Crippen LogP contribution is -2.38. The molecule has 1 aromatic carbocycles. The maximum atomic E-state index is 13.2. The Morgan fingerprint density at radius 2 is 1.91 bits per heavy atom. The van der Waals surface area contributed by atoms with Crippen molar-refractivity contribution >= 4 is 16.9 Å². The molecular weight excluding hydrogens is 434 g/mol. The number of hydrogen-bond donors (Lipinski definition) is 0. The first-order chi connectivity index (χ1) is 16.3. The van der Waals surface area contributed by atoms with Crippen LogP contribution in [-0.4, -0.2) is 48.2 Å². The van der Waals surface area contributed by atoms with Crippen LogP contribution >= 0.6 is 0 Å². The maximum Gasteiger partial charge on any atom is 0.333 e. The van der Waals surface area contributed by atoms with Crippen molar-refractivity contribution in [1.29, 1.82) is 0 Å². The van der Waals surface area contributed by atoms with Gasteiger partial charge in [-0.05, 0) is 25.0 Å². The van der Waals surface area contributed by atoms with Gasteiger partial charge in [-0.15, -0.1) is 0 Å². The molecule has 2 aliphatic heterocycles. The summed E-state index contributed by atoms with van der Waals surface area (Å²) in [5.74, 6) is 1.50. The lowest BCUT2D eigenvalue weighted by Gasteiger charge is -2.27. The van der Waals surface area contributed by atoms with Crippen LogP contribution < -0.4 is 16.0 Å². The highest BCUT2D eigenvalue weighted by atomic mass is 16.5. The van der Waals surface area contributed by atoms with Gasteiger partial charge in [0, 0.05) is 59.4 Å². The fourth-order valence-corrected chi connectivity index (χ4v) is 5.45. The Hall–Kier alpha value is -3.36. The Labute approximate surface area is 197 Å². The summed E-state index contributed by atoms with van der Waals surface area (Å²) in [6.45, 7) is 3.93. The number of para-hydroxylation sites is 2. The molecule has 9 nitrogen and oxygen atoms in total. The first-order valence-electron chi connectivity index (χ1n) is 12.0. The SMILES string of the molecule is CCc1nc2ccccc2n1CCC(=O)N1CCC[C@@]2(CC1)Cc1c(n(C)c(=O)n(C)c1=O)O2. The van der Waals surface area contributed by atoms with E-state index in [1.165, 1.54) is 11.6 Å². The Morgan fingerprint density at radius 3 is 2.71 bits per heavy atom. The molecule has 2 aliphatic rings. The molecule has 1 amide bonds. The first kappa shape index (κ1) is 22.4. The number of aryl methyl sites for hydroxylation is 2. The number of rotatable bonds is 4. The van der Waals surface area contributed by atoms with E-state index in [2.05, 4.69) is 11.5 Å². The number of aromatic nitrogens is 4. The number of hydrogen-bond acceptors (Lipinski definition) is 5. The molecule has 180 valence electrons. The number of imidazole rings is 1. The fourth-order valence-electron chi connectivity index (χ4n) is 5.45. The molecule has 1 spiro atoms. The Bertz CT molecular complexity index is 1380. The number of benzene rings is 1. The second-order valence-corrected chi connectivity index (χ2v) is 9.46. The largest absolute Gasteiger partial charge is 0.471 e. The molecule has 0 radical (unpaired) electrons. The van der Waals surface area contributed by atoms with Gasteiger partial charge in [0.15, 0.2) is 0 Å². The summed E-state index contributed by atoms with van der Waals surface area (Å²) in [5.41, 5.74) is 1.37. The normalized spacial score (nSPS) is 19.9. The van der Waals surface area contributed by atoms with Crippen LogP contribution in [0.1, 0.15) is 44.0 Å². The van der Waals surface area contributed by atoms with Gasteiger partial charge in [0.2, 0.25) is 11.8 Å². The van der Waals surface area contributed by atoms with Crippen LogP contribution in [0.15, 0.2) is 33.9 Å². The quantitative estimate of drug-likeness (QED) is 0.586. The third kappa shape index (κ3) is 3.63. The Balaban J connectivity index is 1.28. The van der Waals surface area contributed by atoms with Gasteiger partial charge in [-0.2, -0.15) is 0 Å². The van der Waals surface area contributed by atoms with E-state index < -0.39 is 5.60 Å². The van der Waals surface area contributed by atoms with Crippen molar-refractivity contribution in [1.82, 2.24) is 23.6 Å². The van der Waals surface area contributed by atoms with E-state index in [0.29, 0.717) is 50.3 Å². The van der Waals surface area contributed by atoms with E-state index >= 15 is 0 Å². The number of fused-ring (bicyclic) bond motifs is 2. The molecule has 0 bridgehead atoms. The van der Waals surface area contributed by atoms with E-state index in [0.717, 1.165) is 40.7 Å². The van der Waals surface area contributed by atoms with E-state index in [9.17, 15) is 14.4 Å². The van der Waals surface area contributed by atoms with Crippen LogP contribution in [-0.2, 0) is 38.3 Å². The van der Waals surface area contributed by atoms with Crippen LogP contribution in [0, 0.1) is 0 Å². The average molecular weight is 466 g/mol. The second kappa shape index (κ2) is 8.45. The molecule has 0 unspecified atom stereocenters. The van der Waals surface area contributed by atoms with Crippen molar-refractivity contribution in [2.24, 2.45) is 14.1 Å². The van der Waals surface area contributed by atoms with Crippen molar-refractivity contribution < 1.29 is 9.53 Å². The molecule has 2 aromatic heterocycles. The number of nitrogens with zero attached hydrogens (tertiary/aromatic N) is 5. The zero-order chi connectivity index (χ0) is 24.0. The summed E-state index contributed by atoms with van der Waals surface area (Å²) in [6.07, 6.45) is 3.88. The first-order valence-corrected chi connectivity index (χ1v) is 12.0. The number of amides is 1. The molecule has 1 saturated heterocycles. The summed E-state index contributed by atoms with van der Waals surface area (Å²) in [4.78, 5) is 44.7. The average Bonchev–Trinajstić information content (AvgIpc) is 3.33. The zero-order valence-electron chi connectivity index (χ0n) is 20.0. The molecule has 9 heteroatoms. The Kier molecular flexibility index (Phi) is 5.58. The van der Waals surface area contributed by atoms with Gasteiger partial charge < -0.3 is 14.2 Å². The minimum atomic E-state index is -0.537. The van der Waals surface area contributed by atoms with Crippen LogP contribution in [0.5, 0.6) is 5.88 Å². The molecule has 0 N–H and O–H groups in total. The highest BCUT2D eigenvalue weighted by molar-refractivity contribution is 5.78. The van der Waals surface area contributed by atoms with Crippen molar-refractivity contribution in [3.05, 3.63) is 56.5 Å². The zero-order valence-corrected chi connectivity index (χ0v) is 20.0. The summed E-state index contributed by atoms with van der Waals surface area (Å²) in [6, 6.07) is 8.03. The topological polar surface area (TPSA) is 91.4 Å². The minimum absolute atomic E-state index is 0.121. The van der Waals surface area contributed by atoms with Gasteiger partial charge in [0.05, 0.1) is 16.6 Å². The van der Waals surface area contributed by atoms with Crippen LogP contribution in [0.3, 0.4) is 0 Å². The van der Waals surface area contributed by atoms with Crippen molar-refractivity contribution in [3.8, 4) is 5.88 Å². The van der Waals surface area contributed by atoms with Crippen LogP contribution in [0.25, 0.3) is 11.0 Å². The molecular formula is C25H31N5O4. The predicted molar refractivity (Wildman–Crippen MR) is 128 cm³/mol. The molecule has 0 aliphatic carbocycles. The number of carbonyl (C=O) groups excluding carboxylic acids is 1. The van der Waals surface area contributed by atoms with E-state index in [4.69, 9.17) is 9.72 Å². The predicted octanol–water partition coefficient (Wildman–Crippen LogP) is 1.77. The van der Waals surface area contributed by atoms with Crippen LogP contribution in [0.2, 0.25) is 0 Å². The molecule has 3 aromatic rings. The molecule has 4 heterocycles. The molecule has 1 atom stereocenters. The molecule has 34 heavy (non-hydrogen) atoms. The number of ether oxygens (including phenoxy) is 1. The van der Waals surface area contributed by atoms with Gasteiger partial charge in [0.25, 0.3) is 5.56 Å². The number of likely N-dealkylation sites (tertiary alicyclic amines) is 1. The van der Waals surface area contributed by atoms with Gasteiger partial charge in [-0.1, -0.05) is 19.1 Å². The smallest absolute Gasteiger partial charge is 0.333 e. The van der Waals surface area contributed by atoms with Crippen molar-refractivity contribution in [3.63, 3.8) is 0 Å². The monoisotopic (exact) mass is 465 g/mol. The highest BCUT2D eigenvalue weighted by Gasteiger charge is 2.44. The lowest BCUT2D eigenvalue weighted by molar-refractivity contribution is -0.131. The summed E-state index contributed by atoms with van der Waals surface area (Å²) in [5, 5.41) is 0. The summed E-state index contributed by atoms with van der Waals surface area (Å²) in [7, 11) is 3.13. The standard InChI is InChI=1S/C25H31N5O4/c1-4-20-26-18-8-5-6-9-19(18)30(20)14-10-21(31)29-13-7-11-25(12-15-29)16-17-22(32)27(2)24(33)28(3)23(17)34-25/h5-6,8-9H,4,7,10-16H2,1-3H3/t25-/m1/s1. The number of carbonyl (C=O) groups is 1. The van der Waals surface area contributed by atoms with Gasteiger partial charge in [0.1, 0.15) is 11.4 Å². The molecule has 1 fully saturated rings. The third-order valence-corrected chi connectivity index (χ3v) is 7.36. The van der Waals surface area contributed by atoms with Crippen molar-refractivity contribution in [2.75, 3.05) is 13.1 Å². The Morgan fingerprint density at radius 1 is 1.12 bits per heavy atom. The third-order valence-electron chi connectivity index (χ3n) is 7.36. The van der Waals surface area contributed by atoms with Crippen molar-refractivity contribution in [2.45, 2.75) is 57.6 Å². The van der Waals surface area contributed by atoms with Gasteiger partial charge in [-0.25, -0.2) is 9.78 Å². The fraction of sp³-hybridized carbons (Fsp3) is 0.520. The minimum Gasteiger partial charge on any atom is -0.471 e. The second-order valence-electron chi connectivity index (χ2n) is 9.46. The van der Waals surface area contributed by atoms with Gasteiger partial charge in [-0.3, -0.25) is 18.7 Å². The lowest BCUT2D eigenvalue weighted by atomic mass is 9.90. The van der Waals surface area contributed by atoms with E-state index in [-0.39, 0.29) is 17.2 Å². The maximum absolute atomic E-state index is 13.2. The van der Waals surface area contributed by atoms with Crippen LogP contribution in [0.4, 0.5) is 0 Å². The molecule has 5 rings (SSSR count). The van der Waals surface area contributed by atoms with Gasteiger partial charge >= 0.3 is 5.69 Å².